The number of nitrogens with one attached hydrogen (secondary N) is 1. The molecule has 0 bridgehead atoms. The summed E-state index contributed by atoms with van der Waals surface area (Å²) in [6.07, 6.45) is 6.87. The van der Waals surface area contributed by atoms with Gasteiger partial charge in [-0.05, 0) is 54.1 Å². The quantitative estimate of drug-likeness (QED) is 0.551. The number of ether oxygens (including phenoxy) is 1. The Morgan fingerprint density at radius 3 is 2.45 bits per heavy atom. The minimum atomic E-state index is -0.258. The minimum absolute atomic E-state index is 0.258. The largest absolute Gasteiger partial charge is 0.497 e. The molecule has 0 aliphatic heterocycles. The van der Waals surface area contributed by atoms with E-state index in [4.69, 9.17) is 4.74 Å². The average molecular weight is 385 g/mol. The fraction of sp³-hybridized carbons (Fsp3) is 0.0909. The second kappa shape index (κ2) is 8.35. The van der Waals surface area contributed by atoms with E-state index >= 15 is 0 Å². The van der Waals surface area contributed by atoms with Crippen molar-refractivity contribution in [3.05, 3.63) is 90.6 Å². The van der Waals surface area contributed by atoms with Gasteiger partial charge < -0.3 is 10.1 Å². The molecule has 1 amide bonds. The Balaban J connectivity index is 1.66. The number of hydrogen-bond donors (Lipinski definition) is 1. The van der Waals surface area contributed by atoms with Crippen molar-refractivity contribution in [3.63, 3.8) is 0 Å². The van der Waals surface area contributed by atoms with Crippen LogP contribution in [0.1, 0.15) is 16.1 Å². The Hall–Kier alpha value is -4.00. The standard InChI is InChI=1S/C22H19N5O2/c1-29-19-8-6-18(7-9-19)27-21(17-5-3-11-24-15-17)12-20(26-27)22(28)25-14-16-4-2-10-23-13-16/h2-13,15H,14H2,1H3,(H,25,28). The molecule has 29 heavy (non-hydrogen) atoms. The number of hydrogen-bond acceptors (Lipinski definition) is 5. The number of rotatable bonds is 6. The molecule has 0 radical (unpaired) electrons. The third kappa shape index (κ3) is 4.14. The Labute approximate surface area is 168 Å². The van der Waals surface area contributed by atoms with Crippen LogP contribution in [0.25, 0.3) is 16.9 Å². The van der Waals surface area contributed by atoms with Crippen LogP contribution in [-0.4, -0.2) is 32.8 Å². The molecule has 7 heteroatoms. The van der Waals surface area contributed by atoms with Crippen LogP contribution in [0.5, 0.6) is 5.75 Å². The summed E-state index contributed by atoms with van der Waals surface area (Å²) in [5.41, 5.74) is 3.69. The highest BCUT2D eigenvalue weighted by Gasteiger charge is 2.17. The van der Waals surface area contributed by atoms with Crippen molar-refractivity contribution in [1.29, 1.82) is 0 Å². The van der Waals surface area contributed by atoms with Gasteiger partial charge in [-0.25, -0.2) is 4.68 Å². The maximum atomic E-state index is 12.7. The maximum Gasteiger partial charge on any atom is 0.272 e. The molecule has 0 spiro atoms. The van der Waals surface area contributed by atoms with Crippen molar-refractivity contribution in [1.82, 2.24) is 25.1 Å². The lowest BCUT2D eigenvalue weighted by atomic mass is 10.2. The Kier molecular flexibility index (Phi) is 5.29. The third-order valence-electron chi connectivity index (χ3n) is 4.39. The van der Waals surface area contributed by atoms with E-state index in [1.807, 2.05) is 48.5 Å². The molecule has 3 aromatic heterocycles. The second-order valence-corrected chi connectivity index (χ2v) is 6.31. The summed E-state index contributed by atoms with van der Waals surface area (Å²) in [5.74, 6) is 0.490. The molecule has 3 heterocycles. The molecule has 0 aliphatic carbocycles. The van der Waals surface area contributed by atoms with E-state index < -0.39 is 0 Å². The summed E-state index contributed by atoms with van der Waals surface area (Å²) in [7, 11) is 1.62. The molecule has 0 fully saturated rings. The van der Waals surface area contributed by atoms with Crippen molar-refractivity contribution < 1.29 is 9.53 Å². The van der Waals surface area contributed by atoms with E-state index in [0.29, 0.717) is 12.2 Å². The number of benzene rings is 1. The van der Waals surface area contributed by atoms with Crippen LogP contribution in [-0.2, 0) is 6.54 Å². The molecule has 144 valence electrons. The number of amides is 1. The number of aromatic nitrogens is 4. The molecule has 4 rings (SSSR count). The lowest BCUT2D eigenvalue weighted by molar-refractivity contribution is 0.0945. The van der Waals surface area contributed by atoms with Gasteiger partial charge in [0.05, 0.1) is 18.5 Å². The molecule has 0 atom stereocenters. The zero-order valence-corrected chi connectivity index (χ0v) is 15.8. The molecule has 4 aromatic rings. The van der Waals surface area contributed by atoms with Crippen LogP contribution in [0, 0.1) is 0 Å². The summed E-state index contributed by atoms with van der Waals surface area (Å²) < 4.78 is 6.96. The van der Waals surface area contributed by atoms with E-state index in [2.05, 4.69) is 20.4 Å². The van der Waals surface area contributed by atoms with Gasteiger partial charge in [0.15, 0.2) is 5.69 Å². The van der Waals surface area contributed by atoms with Crippen LogP contribution < -0.4 is 10.1 Å². The Bertz CT molecular complexity index is 1090. The zero-order chi connectivity index (χ0) is 20.1. The first kappa shape index (κ1) is 18.4. The molecule has 0 saturated heterocycles. The summed E-state index contributed by atoms with van der Waals surface area (Å²) in [6, 6.07) is 16.8. The zero-order valence-electron chi connectivity index (χ0n) is 15.8. The van der Waals surface area contributed by atoms with Crippen LogP contribution in [0.3, 0.4) is 0 Å². The monoisotopic (exact) mass is 385 g/mol. The number of carbonyl (C=O) groups excluding carboxylic acids is 1. The predicted octanol–water partition coefficient (Wildman–Crippen LogP) is 3.27. The lowest BCUT2D eigenvalue weighted by Crippen LogP contribution is -2.23. The van der Waals surface area contributed by atoms with E-state index in [1.54, 1.807) is 42.6 Å². The number of methoxy groups -OCH3 is 1. The fourth-order valence-corrected chi connectivity index (χ4v) is 2.91. The number of carbonyl (C=O) groups is 1. The molecule has 1 aromatic carbocycles. The van der Waals surface area contributed by atoms with Crippen LogP contribution in [0.4, 0.5) is 0 Å². The normalized spacial score (nSPS) is 10.5. The molecule has 0 saturated carbocycles. The van der Waals surface area contributed by atoms with Gasteiger partial charge in [-0.3, -0.25) is 14.8 Å². The summed E-state index contributed by atoms with van der Waals surface area (Å²) >= 11 is 0. The SMILES string of the molecule is COc1ccc(-n2nc(C(=O)NCc3cccnc3)cc2-c2cccnc2)cc1. The molecular formula is C22H19N5O2. The fourth-order valence-electron chi connectivity index (χ4n) is 2.91. The predicted molar refractivity (Wildman–Crippen MR) is 109 cm³/mol. The highest BCUT2D eigenvalue weighted by atomic mass is 16.5. The number of pyridine rings is 2. The van der Waals surface area contributed by atoms with Crippen molar-refractivity contribution >= 4 is 5.91 Å². The van der Waals surface area contributed by atoms with Crippen LogP contribution >= 0.6 is 0 Å². The van der Waals surface area contributed by atoms with Gasteiger partial charge in [-0.1, -0.05) is 6.07 Å². The molecule has 1 N–H and O–H groups in total. The summed E-state index contributed by atoms with van der Waals surface area (Å²) in [4.78, 5) is 20.9. The molecule has 0 unspecified atom stereocenters. The highest BCUT2D eigenvalue weighted by Crippen LogP contribution is 2.24. The van der Waals surface area contributed by atoms with E-state index in [9.17, 15) is 4.79 Å². The van der Waals surface area contributed by atoms with Gasteiger partial charge >= 0.3 is 0 Å². The van der Waals surface area contributed by atoms with Gasteiger partial charge in [0, 0.05) is 36.9 Å². The first-order valence-electron chi connectivity index (χ1n) is 9.06. The third-order valence-corrected chi connectivity index (χ3v) is 4.39. The van der Waals surface area contributed by atoms with Crippen molar-refractivity contribution in [3.8, 4) is 22.7 Å². The van der Waals surface area contributed by atoms with Gasteiger partial charge in [0.25, 0.3) is 5.91 Å². The van der Waals surface area contributed by atoms with Crippen molar-refractivity contribution in [2.75, 3.05) is 7.11 Å². The van der Waals surface area contributed by atoms with E-state index in [-0.39, 0.29) is 5.91 Å². The number of nitrogens with zero attached hydrogens (tertiary/aromatic N) is 4. The lowest BCUT2D eigenvalue weighted by Gasteiger charge is -2.08. The molecule has 7 nitrogen and oxygen atoms in total. The molecular weight excluding hydrogens is 366 g/mol. The smallest absolute Gasteiger partial charge is 0.272 e. The summed E-state index contributed by atoms with van der Waals surface area (Å²) in [5, 5.41) is 7.43. The molecule has 0 aliphatic rings. The highest BCUT2D eigenvalue weighted by molar-refractivity contribution is 5.93. The topological polar surface area (TPSA) is 81.9 Å². The van der Waals surface area contributed by atoms with Gasteiger partial charge in [0.1, 0.15) is 5.75 Å². The van der Waals surface area contributed by atoms with Gasteiger partial charge in [-0.2, -0.15) is 5.10 Å². The maximum absolute atomic E-state index is 12.7. The minimum Gasteiger partial charge on any atom is -0.497 e. The van der Waals surface area contributed by atoms with Gasteiger partial charge in [-0.15, -0.1) is 0 Å². The summed E-state index contributed by atoms with van der Waals surface area (Å²) in [6.45, 7) is 0.379. The van der Waals surface area contributed by atoms with Crippen LogP contribution in [0.2, 0.25) is 0 Å². The first-order valence-corrected chi connectivity index (χ1v) is 9.06. The second-order valence-electron chi connectivity index (χ2n) is 6.31. The van der Waals surface area contributed by atoms with Crippen LogP contribution in [0.15, 0.2) is 79.4 Å². The average Bonchev–Trinajstić information content (AvgIpc) is 3.24. The van der Waals surface area contributed by atoms with E-state index in [0.717, 1.165) is 28.3 Å². The first-order chi connectivity index (χ1) is 14.2. The van der Waals surface area contributed by atoms with E-state index in [1.165, 1.54) is 0 Å². The Morgan fingerprint density at radius 2 is 1.79 bits per heavy atom. The van der Waals surface area contributed by atoms with Crippen molar-refractivity contribution in [2.45, 2.75) is 6.54 Å². The Morgan fingerprint density at radius 1 is 1.03 bits per heavy atom. The van der Waals surface area contributed by atoms with Crippen molar-refractivity contribution in [2.24, 2.45) is 0 Å². The van der Waals surface area contributed by atoms with Gasteiger partial charge in [0.2, 0.25) is 0 Å².